The quantitative estimate of drug-likeness (QED) is 0.909. The second-order valence-electron chi connectivity index (χ2n) is 4.95. The molecule has 1 heterocycles. The maximum atomic E-state index is 12.8. The second-order valence-corrected chi connectivity index (χ2v) is 4.95. The molecule has 3 rings (SSSR count). The van der Waals surface area contributed by atoms with Gasteiger partial charge in [-0.25, -0.2) is 4.39 Å². The Labute approximate surface area is 121 Å². The summed E-state index contributed by atoms with van der Waals surface area (Å²) in [7, 11) is 0. The van der Waals surface area contributed by atoms with Crippen molar-refractivity contribution in [2.75, 3.05) is 10.6 Å². The molecular formula is C16H13FN2O2. The van der Waals surface area contributed by atoms with Crippen LogP contribution in [0.5, 0.6) is 0 Å². The average molecular weight is 284 g/mol. The summed E-state index contributed by atoms with van der Waals surface area (Å²) < 4.78 is 12.8. The highest BCUT2D eigenvalue weighted by Crippen LogP contribution is 2.24. The van der Waals surface area contributed by atoms with E-state index >= 15 is 0 Å². The molecule has 5 heteroatoms. The predicted octanol–water partition coefficient (Wildman–Crippen LogP) is 2.50. The van der Waals surface area contributed by atoms with Gasteiger partial charge in [0.15, 0.2) is 0 Å². The van der Waals surface area contributed by atoms with E-state index in [0.717, 1.165) is 16.8 Å². The van der Waals surface area contributed by atoms with Gasteiger partial charge in [0, 0.05) is 11.4 Å². The number of rotatable bonds is 3. The number of nitrogens with one attached hydrogen (secondary N) is 2. The minimum absolute atomic E-state index is 0.0297. The highest BCUT2D eigenvalue weighted by atomic mass is 19.1. The number of fused-ring (bicyclic) bond motifs is 1. The maximum absolute atomic E-state index is 12.8. The highest BCUT2D eigenvalue weighted by Gasteiger charge is 2.17. The lowest BCUT2D eigenvalue weighted by molar-refractivity contribution is -0.116. The van der Waals surface area contributed by atoms with Crippen molar-refractivity contribution in [3.63, 3.8) is 0 Å². The van der Waals surface area contributed by atoms with Gasteiger partial charge in [-0.05, 0) is 41.5 Å². The van der Waals surface area contributed by atoms with Crippen LogP contribution in [0.25, 0.3) is 0 Å². The summed E-state index contributed by atoms with van der Waals surface area (Å²) in [6.07, 6.45) is 0.557. The van der Waals surface area contributed by atoms with E-state index in [2.05, 4.69) is 10.6 Å². The van der Waals surface area contributed by atoms with E-state index in [9.17, 15) is 14.0 Å². The van der Waals surface area contributed by atoms with Gasteiger partial charge in [-0.15, -0.1) is 0 Å². The SMILES string of the molecule is O=C(Cc1ccc2c(c1)CC(=O)N2)Nc1ccc(F)cc1. The van der Waals surface area contributed by atoms with Crippen LogP contribution in [-0.2, 0) is 22.4 Å². The van der Waals surface area contributed by atoms with Crippen LogP contribution in [-0.4, -0.2) is 11.8 Å². The lowest BCUT2D eigenvalue weighted by atomic mass is 10.1. The minimum atomic E-state index is -0.344. The summed E-state index contributed by atoms with van der Waals surface area (Å²) in [5.41, 5.74) is 3.11. The van der Waals surface area contributed by atoms with Crippen molar-refractivity contribution in [2.24, 2.45) is 0 Å². The largest absolute Gasteiger partial charge is 0.326 e. The molecule has 21 heavy (non-hydrogen) atoms. The normalized spacial score (nSPS) is 12.7. The molecule has 4 nitrogen and oxygen atoms in total. The van der Waals surface area contributed by atoms with Gasteiger partial charge >= 0.3 is 0 Å². The molecule has 0 bridgehead atoms. The Kier molecular flexibility index (Phi) is 3.39. The Balaban J connectivity index is 1.66. The molecular weight excluding hydrogens is 271 g/mol. The molecule has 0 aromatic heterocycles. The van der Waals surface area contributed by atoms with E-state index < -0.39 is 0 Å². The molecule has 0 saturated carbocycles. The van der Waals surface area contributed by atoms with Crippen LogP contribution < -0.4 is 10.6 Å². The summed E-state index contributed by atoms with van der Waals surface area (Å²) in [4.78, 5) is 23.2. The monoisotopic (exact) mass is 284 g/mol. The first-order chi connectivity index (χ1) is 10.1. The molecule has 106 valence electrons. The first-order valence-corrected chi connectivity index (χ1v) is 6.57. The van der Waals surface area contributed by atoms with E-state index in [1.807, 2.05) is 12.1 Å². The minimum Gasteiger partial charge on any atom is -0.326 e. The van der Waals surface area contributed by atoms with E-state index in [0.29, 0.717) is 12.1 Å². The molecule has 0 aliphatic carbocycles. The summed E-state index contributed by atoms with van der Waals surface area (Å²) in [5, 5.41) is 5.45. The molecule has 0 radical (unpaired) electrons. The molecule has 1 aliphatic rings. The third-order valence-corrected chi connectivity index (χ3v) is 3.29. The Morgan fingerprint density at radius 2 is 1.95 bits per heavy atom. The van der Waals surface area contributed by atoms with Gasteiger partial charge in [0.25, 0.3) is 0 Å². The zero-order valence-electron chi connectivity index (χ0n) is 11.2. The first-order valence-electron chi connectivity index (χ1n) is 6.57. The summed E-state index contributed by atoms with van der Waals surface area (Å²) >= 11 is 0. The van der Waals surface area contributed by atoms with Crippen LogP contribution >= 0.6 is 0 Å². The van der Waals surface area contributed by atoms with Crippen molar-refractivity contribution in [3.05, 3.63) is 59.4 Å². The predicted molar refractivity (Wildman–Crippen MR) is 77.5 cm³/mol. The number of amides is 2. The zero-order chi connectivity index (χ0) is 14.8. The number of benzene rings is 2. The molecule has 0 atom stereocenters. The van der Waals surface area contributed by atoms with Gasteiger partial charge in [-0.2, -0.15) is 0 Å². The number of hydrogen-bond acceptors (Lipinski definition) is 2. The van der Waals surface area contributed by atoms with E-state index in [-0.39, 0.29) is 24.1 Å². The van der Waals surface area contributed by atoms with Crippen molar-refractivity contribution < 1.29 is 14.0 Å². The second kappa shape index (κ2) is 5.36. The van der Waals surface area contributed by atoms with E-state index in [4.69, 9.17) is 0 Å². The van der Waals surface area contributed by atoms with Gasteiger partial charge in [-0.3, -0.25) is 9.59 Å². The molecule has 0 saturated heterocycles. The highest BCUT2D eigenvalue weighted by molar-refractivity contribution is 5.99. The number of halogens is 1. The molecule has 0 fully saturated rings. The Morgan fingerprint density at radius 1 is 1.19 bits per heavy atom. The Morgan fingerprint density at radius 3 is 2.71 bits per heavy atom. The third kappa shape index (κ3) is 3.08. The van der Waals surface area contributed by atoms with Crippen molar-refractivity contribution in [1.82, 2.24) is 0 Å². The lowest BCUT2D eigenvalue weighted by Crippen LogP contribution is -2.14. The van der Waals surface area contributed by atoms with Gasteiger partial charge in [0.1, 0.15) is 5.82 Å². The van der Waals surface area contributed by atoms with Crippen LogP contribution in [0.1, 0.15) is 11.1 Å². The molecule has 2 amide bonds. The molecule has 0 unspecified atom stereocenters. The molecule has 1 aliphatic heterocycles. The fraction of sp³-hybridized carbons (Fsp3) is 0.125. The summed E-state index contributed by atoms with van der Waals surface area (Å²) in [6, 6.07) is 11.1. The van der Waals surface area contributed by atoms with Gasteiger partial charge in [0.2, 0.25) is 11.8 Å². The fourth-order valence-electron chi connectivity index (χ4n) is 2.32. The maximum Gasteiger partial charge on any atom is 0.228 e. The van der Waals surface area contributed by atoms with Crippen molar-refractivity contribution >= 4 is 23.2 Å². The third-order valence-electron chi connectivity index (χ3n) is 3.29. The standard InChI is InChI=1S/C16H13FN2O2/c17-12-2-4-13(5-3-12)18-15(20)8-10-1-6-14-11(7-10)9-16(21)19-14/h1-7H,8-9H2,(H,18,20)(H,19,21). The lowest BCUT2D eigenvalue weighted by Gasteiger charge is -2.06. The zero-order valence-corrected chi connectivity index (χ0v) is 11.2. The number of anilines is 2. The Hall–Kier alpha value is -2.69. The summed E-state index contributed by atoms with van der Waals surface area (Å²) in [6.45, 7) is 0. The number of carbonyl (C=O) groups is 2. The van der Waals surface area contributed by atoms with Gasteiger partial charge < -0.3 is 10.6 Å². The van der Waals surface area contributed by atoms with Crippen LogP contribution in [0.15, 0.2) is 42.5 Å². The molecule has 2 aromatic carbocycles. The average Bonchev–Trinajstić information content (AvgIpc) is 2.80. The smallest absolute Gasteiger partial charge is 0.228 e. The van der Waals surface area contributed by atoms with Crippen molar-refractivity contribution in [1.29, 1.82) is 0 Å². The van der Waals surface area contributed by atoms with Crippen LogP contribution in [0.2, 0.25) is 0 Å². The van der Waals surface area contributed by atoms with Crippen LogP contribution in [0, 0.1) is 5.82 Å². The van der Waals surface area contributed by atoms with Crippen molar-refractivity contribution in [3.8, 4) is 0 Å². The fourth-order valence-corrected chi connectivity index (χ4v) is 2.32. The number of carbonyl (C=O) groups excluding carboxylic acids is 2. The van der Waals surface area contributed by atoms with Crippen molar-refractivity contribution in [2.45, 2.75) is 12.8 Å². The van der Waals surface area contributed by atoms with Crippen LogP contribution in [0.3, 0.4) is 0 Å². The van der Waals surface area contributed by atoms with Crippen LogP contribution in [0.4, 0.5) is 15.8 Å². The molecule has 0 spiro atoms. The molecule has 2 N–H and O–H groups in total. The van der Waals surface area contributed by atoms with Gasteiger partial charge in [0.05, 0.1) is 12.8 Å². The topological polar surface area (TPSA) is 58.2 Å². The Bertz CT molecular complexity index is 711. The summed E-state index contributed by atoms with van der Waals surface area (Å²) in [5.74, 6) is -0.555. The van der Waals surface area contributed by atoms with E-state index in [1.54, 1.807) is 6.07 Å². The van der Waals surface area contributed by atoms with Gasteiger partial charge in [-0.1, -0.05) is 12.1 Å². The molecule has 2 aromatic rings. The number of hydrogen-bond donors (Lipinski definition) is 2. The first kappa shape index (κ1) is 13.3. The van der Waals surface area contributed by atoms with E-state index in [1.165, 1.54) is 24.3 Å².